The molecule has 2 rings (SSSR count). The largest absolute Gasteiger partial charge is 0.872 e. The number of benzene rings is 2. The van der Waals surface area contributed by atoms with Crippen LogP contribution in [0.1, 0.15) is 15.9 Å². The number of amides is 1. The first-order chi connectivity index (χ1) is 10.5. The predicted molar refractivity (Wildman–Crippen MR) is 78.6 cm³/mol. The first kappa shape index (κ1) is 15.1. The van der Waals surface area contributed by atoms with Crippen molar-refractivity contribution in [2.75, 3.05) is 5.32 Å². The van der Waals surface area contributed by atoms with Gasteiger partial charge in [0.25, 0.3) is 0 Å². The lowest BCUT2D eigenvalue weighted by Crippen LogP contribution is -2.11. The molecule has 0 aliphatic rings. The van der Waals surface area contributed by atoms with Crippen molar-refractivity contribution >= 4 is 23.6 Å². The van der Waals surface area contributed by atoms with E-state index in [9.17, 15) is 19.8 Å². The van der Waals surface area contributed by atoms with Crippen molar-refractivity contribution in [1.29, 1.82) is 0 Å². The Balaban J connectivity index is 2.12. The van der Waals surface area contributed by atoms with E-state index in [0.29, 0.717) is 5.56 Å². The third kappa shape index (κ3) is 3.86. The van der Waals surface area contributed by atoms with E-state index in [4.69, 9.17) is 5.11 Å². The van der Waals surface area contributed by atoms with Gasteiger partial charge in [-0.15, -0.1) is 5.75 Å². The Bertz CT molecular complexity index is 735. The summed E-state index contributed by atoms with van der Waals surface area (Å²) in [6, 6.07) is 9.51. The Morgan fingerprint density at radius 3 is 2.41 bits per heavy atom. The van der Waals surface area contributed by atoms with Gasteiger partial charge >= 0.3 is 5.97 Å². The Labute approximate surface area is 126 Å². The van der Waals surface area contributed by atoms with Crippen LogP contribution in [0.2, 0.25) is 0 Å². The minimum absolute atomic E-state index is 0.0786. The van der Waals surface area contributed by atoms with E-state index in [2.05, 4.69) is 5.32 Å². The van der Waals surface area contributed by atoms with Crippen molar-refractivity contribution in [3.63, 3.8) is 0 Å². The van der Waals surface area contributed by atoms with Gasteiger partial charge < -0.3 is 20.6 Å². The summed E-state index contributed by atoms with van der Waals surface area (Å²) in [6.45, 7) is 0. The fourth-order valence-corrected chi connectivity index (χ4v) is 1.74. The van der Waals surface area contributed by atoms with Crippen molar-refractivity contribution < 1.29 is 24.9 Å². The van der Waals surface area contributed by atoms with Gasteiger partial charge in [-0.3, -0.25) is 4.79 Å². The van der Waals surface area contributed by atoms with Crippen LogP contribution in [-0.2, 0) is 4.79 Å². The zero-order valence-corrected chi connectivity index (χ0v) is 11.3. The molecule has 22 heavy (non-hydrogen) atoms. The lowest BCUT2D eigenvalue weighted by Gasteiger charge is -2.07. The second-order valence-electron chi connectivity index (χ2n) is 4.43. The van der Waals surface area contributed by atoms with Crippen LogP contribution in [0.4, 0.5) is 5.69 Å². The van der Waals surface area contributed by atoms with Crippen LogP contribution < -0.4 is 10.4 Å². The van der Waals surface area contributed by atoms with E-state index in [-0.39, 0.29) is 22.7 Å². The zero-order chi connectivity index (χ0) is 16.1. The third-order valence-corrected chi connectivity index (χ3v) is 2.80. The lowest BCUT2D eigenvalue weighted by molar-refractivity contribution is -0.268. The summed E-state index contributed by atoms with van der Waals surface area (Å²) in [6.07, 6.45) is 2.72. The molecule has 3 N–H and O–H groups in total. The molecule has 6 heteroatoms. The van der Waals surface area contributed by atoms with Gasteiger partial charge in [0.1, 0.15) is 5.75 Å². The van der Waals surface area contributed by atoms with Crippen LogP contribution in [0.25, 0.3) is 6.08 Å². The number of phenols is 1. The van der Waals surface area contributed by atoms with Gasteiger partial charge in [0.2, 0.25) is 5.91 Å². The molecule has 0 radical (unpaired) electrons. The van der Waals surface area contributed by atoms with Gasteiger partial charge in [-0.05, 0) is 29.8 Å². The molecule has 0 unspecified atom stereocenters. The van der Waals surface area contributed by atoms with Crippen molar-refractivity contribution in [2.45, 2.75) is 0 Å². The molecular weight excluding hydrogens is 286 g/mol. The topological polar surface area (TPSA) is 110 Å². The Hall–Kier alpha value is -3.28. The van der Waals surface area contributed by atoms with Crippen LogP contribution >= 0.6 is 0 Å². The molecule has 1 amide bonds. The summed E-state index contributed by atoms with van der Waals surface area (Å²) < 4.78 is 0. The number of anilines is 1. The molecule has 6 nitrogen and oxygen atoms in total. The molecular formula is C16H12NO5-. The maximum atomic E-state index is 11.8. The van der Waals surface area contributed by atoms with E-state index in [1.165, 1.54) is 36.4 Å². The molecule has 0 spiro atoms. The molecule has 0 bridgehead atoms. The first-order valence-corrected chi connectivity index (χ1v) is 6.28. The van der Waals surface area contributed by atoms with Crippen LogP contribution in [0.3, 0.4) is 0 Å². The maximum Gasteiger partial charge on any atom is 0.337 e. The van der Waals surface area contributed by atoms with E-state index in [1.54, 1.807) is 12.1 Å². The zero-order valence-electron chi connectivity index (χ0n) is 11.3. The van der Waals surface area contributed by atoms with Crippen LogP contribution in [0.15, 0.2) is 48.5 Å². The summed E-state index contributed by atoms with van der Waals surface area (Å²) >= 11 is 0. The maximum absolute atomic E-state index is 11.8. The highest BCUT2D eigenvalue weighted by Crippen LogP contribution is 2.21. The summed E-state index contributed by atoms with van der Waals surface area (Å²) in [5.74, 6) is -2.12. The number of hydrogen-bond donors (Lipinski definition) is 3. The van der Waals surface area contributed by atoms with Gasteiger partial charge in [-0.25, -0.2) is 4.79 Å². The molecule has 2 aromatic rings. The highest BCUT2D eigenvalue weighted by Gasteiger charge is 2.12. The number of phenolic OH excluding ortho intramolecular Hbond substituents is 1. The van der Waals surface area contributed by atoms with Crippen molar-refractivity contribution in [3.05, 3.63) is 59.7 Å². The Morgan fingerprint density at radius 1 is 1.09 bits per heavy atom. The summed E-state index contributed by atoms with van der Waals surface area (Å²) in [7, 11) is 0. The quantitative estimate of drug-likeness (QED) is 0.589. The number of nitrogens with one attached hydrogen (secondary N) is 1. The standard InChI is InChI=1S/C16H13NO5/c18-11-4-1-10(2-5-11)3-8-15(20)17-14-7-6-12(19)9-13(14)16(21)22/h1-9,18-19H,(H,17,20)(H,21,22)/p-1/b8-3+. The van der Waals surface area contributed by atoms with Crippen LogP contribution in [-0.4, -0.2) is 22.1 Å². The summed E-state index contributed by atoms with van der Waals surface area (Å²) in [5.41, 5.74) is 0.534. The Kier molecular flexibility index (Phi) is 4.43. The second-order valence-corrected chi connectivity index (χ2v) is 4.43. The fourth-order valence-electron chi connectivity index (χ4n) is 1.74. The average Bonchev–Trinajstić information content (AvgIpc) is 2.48. The molecule has 0 aliphatic carbocycles. The number of aromatic carboxylic acids is 1. The molecule has 0 atom stereocenters. The van der Waals surface area contributed by atoms with E-state index >= 15 is 0 Å². The average molecular weight is 298 g/mol. The minimum atomic E-state index is -1.26. The van der Waals surface area contributed by atoms with Crippen molar-refractivity contribution in [1.82, 2.24) is 0 Å². The molecule has 112 valence electrons. The number of carboxylic acid groups (broad SMARTS) is 1. The van der Waals surface area contributed by atoms with Gasteiger partial charge in [-0.1, -0.05) is 24.3 Å². The first-order valence-electron chi connectivity index (χ1n) is 6.28. The lowest BCUT2D eigenvalue weighted by atomic mass is 10.1. The molecule has 0 aliphatic heterocycles. The van der Waals surface area contributed by atoms with E-state index in [1.807, 2.05) is 0 Å². The van der Waals surface area contributed by atoms with Crippen molar-refractivity contribution in [3.8, 4) is 11.5 Å². The van der Waals surface area contributed by atoms with Gasteiger partial charge in [0.15, 0.2) is 0 Å². The minimum Gasteiger partial charge on any atom is -0.872 e. The molecule has 0 saturated heterocycles. The third-order valence-electron chi connectivity index (χ3n) is 2.80. The van der Waals surface area contributed by atoms with E-state index in [0.717, 1.165) is 6.07 Å². The van der Waals surface area contributed by atoms with Gasteiger partial charge in [0.05, 0.1) is 11.3 Å². The molecule has 0 saturated carbocycles. The SMILES string of the molecule is O=C(/C=C/c1ccc([O-])cc1)Nc1ccc(O)cc1C(=O)O. The van der Waals surface area contributed by atoms with Gasteiger partial charge in [-0.2, -0.15) is 0 Å². The highest BCUT2D eigenvalue weighted by atomic mass is 16.4. The normalized spacial score (nSPS) is 10.5. The number of rotatable bonds is 4. The smallest absolute Gasteiger partial charge is 0.337 e. The Morgan fingerprint density at radius 2 is 1.77 bits per heavy atom. The molecule has 2 aromatic carbocycles. The van der Waals surface area contributed by atoms with E-state index < -0.39 is 11.9 Å². The monoisotopic (exact) mass is 298 g/mol. The highest BCUT2D eigenvalue weighted by molar-refractivity contribution is 6.06. The predicted octanol–water partition coefficient (Wildman–Crippen LogP) is 1.82. The summed E-state index contributed by atoms with van der Waals surface area (Å²) in [5, 5.41) is 31.7. The fraction of sp³-hybridized carbons (Fsp3) is 0. The van der Waals surface area contributed by atoms with Gasteiger partial charge in [0, 0.05) is 6.08 Å². The van der Waals surface area contributed by atoms with Crippen LogP contribution in [0, 0.1) is 0 Å². The molecule has 0 fully saturated rings. The molecule has 0 heterocycles. The van der Waals surface area contributed by atoms with Crippen molar-refractivity contribution in [2.24, 2.45) is 0 Å². The number of carboxylic acids is 1. The number of carbonyl (C=O) groups is 2. The molecule has 0 aromatic heterocycles. The second kappa shape index (κ2) is 6.45. The summed E-state index contributed by atoms with van der Waals surface area (Å²) in [4.78, 5) is 22.9. The van der Waals surface area contributed by atoms with Crippen LogP contribution in [0.5, 0.6) is 11.5 Å². The number of aromatic hydroxyl groups is 1. The number of hydrogen-bond acceptors (Lipinski definition) is 4. The number of carbonyl (C=O) groups excluding carboxylic acids is 1.